The Morgan fingerprint density at radius 3 is 2.94 bits per heavy atom. The number of methoxy groups -OCH3 is 1. The van der Waals surface area contributed by atoms with Crippen molar-refractivity contribution < 1.29 is 9.47 Å². The molecule has 0 saturated heterocycles. The fourth-order valence-electron chi connectivity index (χ4n) is 1.89. The zero-order valence-corrected chi connectivity index (χ0v) is 10.7. The maximum Gasteiger partial charge on any atom is 0.0700 e. The van der Waals surface area contributed by atoms with Gasteiger partial charge in [-0.25, -0.2) is 0 Å². The minimum absolute atomic E-state index is 0.655. The Labute approximate surface area is 107 Å². The standard InChI is InChI=1S/C14H20N2O2/c1-17-8-9-18-7-6-15-10-12-11-16-14-5-3-2-4-13(12)14/h2-5,11,15-16H,6-10H2,1H3. The second-order valence-corrected chi connectivity index (χ2v) is 4.14. The molecule has 4 nitrogen and oxygen atoms in total. The summed E-state index contributed by atoms with van der Waals surface area (Å²) in [7, 11) is 1.68. The molecule has 0 saturated carbocycles. The molecule has 0 radical (unpaired) electrons. The van der Waals surface area contributed by atoms with Gasteiger partial charge in [0.25, 0.3) is 0 Å². The third-order valence-corrected chi connectivity index (χ3v) is 2.85. The third kappa shape index (κ3) is 3.57. The summed E-state index contributed by atoms with van der Waals surface area (Å²) in [5.74, 6) is 0. The van der Waals surface area contributed by atoms with Gasteiger partial charge in [0.2, 0.25) is 0 Å². The third-order valence-electron chi connectivity index (χ3n) is 2.85. The van der Waals surface area contributed by atoms with Crippen LogP contribution in [-0.2, 0) is 16.0 Å². The first-order valence-corrected chi connectivity index (χ1v) is 6.24. The molecule has 4 heteroatoms. The molecule has 0 amide bonds. The minimum Gasteiger partial charge on any atom is -0.382 e. The van der Waals surface area contributed by atoms with Gasteiger partial charge in [0.05, 0.1) is 19.8 Å². The zero-order valence-electron chi connectivity index (χ0n) is 10.7. The van der Waals surface area contributed by atoms with Gasteiger partial charge < -0.3 is 19.8 Å². The van der Waals surface area contributed by atoms with Crippen molar-refractivity contribution in [3.8, 4) is 0 Å². The summed E-state index contributed by atoms with van der Waals surface area (Å²) in [6.45, 7) is 3.74. The number of hydrogen-bond donors (Lipinski definition) is 2. The van der Waals surface area contributed by atoms with Crippen molar-refractivity contribution in [1.29, 1.82) is 0 Å². The van der Waals surface area contributed by atoms with Crippen molar-refractivity contribution in [2.45, 2.75) is 6.54 Å². The van der Waals surface area contributed by atoms with Gasteiger partial charge in [-0.05, 0) is 11.6 Å². The first kappa shape index (κ1) is 13.1. The number of aromatic amines is 1. The van der Waals surface area contributed by atoms with Gasteiger partial charge in [-0.1, -0.05) is 18.2 Å². The molecule has 0 aliphatic rings. The maximum atomic E-state index is 5.39. The van der Waals surface area contributed by atoms with Crippen LogP contribution in [0.1, 0.15) is 5.56 Å². The lowest BCUT2D eigenvalue weighted by molar-refractivity contribution is 0.0719. The summed E-state index contributed by atoms with van der Waals surface area (Å²) in [6, 6.07) is 8.33. The van der Waals surface area contributed by atoms with Crippen molar-refractivity contribution >= 4 is 10.9 Å². The van der Waals surface area contributed by atoms with Crippen LogP contribution in [0.5, 0.6) is 0 Å². The number of fused-ring (bicyclic) bond motifs is 1. The van der Waals surface area contributed by atoms with Crippen LogP contribution in [0.3, 0.4) is 0 Å². The Bertz CT molecular complexity index is 468. The summed E-state index contributed by atoms with van der Waals surface area (Å²) < 4.78 is 10.3. The Morgan fingerprint density at radius 2 is 2.06 bits per heavy atom. The molecule has 98 valence electrons. The van der Waals surface area contributed by atoms with E-state index in [4.69, 9.17) is 9.47 Å². The predicted molar refractivity (Wildman–Crippen MR) is 72.7 cm³/mol. The van der Waals surface area contributed by atoms with Crippen LogP contribution >= 0.6 is 0 Å². The Balaban J connectivity index is 1.70. The van der Waals surface area contributed by atoms with Crippen LogP contribution in [0.2, 0.25) is 0 Å². The lowest BCUT2D eigenvalue weighted by Gasteiger charge is -2.05. The number of rotatable bonds is 8. The monoisotopic (exact) mass is 248 g/mol. The molecule has 1 heterocycles. The van der Waals surface area contributed by atoms with Gasteiger partial charge in [-0.15, -0.1) is 0 Å². The zero-order chi connectivity index (χ0) is 12.6. The van der Waals surface area contributed by atoms with Crippen LogP contribution in [-0.4, -0.2) is 38.5 Å². The Morgan fingerprint density at radius 1 is 1.17 bits per heavy atom. The molecule has 2 N–H and O–H groups in total. The van der Waals surface area contributed by atoms with Gasteiger partial charge in [0, 0.05) is 37.3 Å². The van der Waals surface area contributed by atoms with Crippen LogP contribution < -0.4 is 5.32 Å². The lowest BCUT2D eigenvalue weighted by atomic mass is 10.2. The largest absolute Gasteiger partial charge is 0.382 e. The van der Waals surface area contributed by atoms with Crippen molar-refractivity contribution in [2.75, 3.05) is 33.5 Å². The van der Waals surface area contributed by atoms with E-state index in [1.54, 1.807) is 7.11 Å². The lowest BCUT2D eigenvalue weighted by Crippen LogP contribution is -2.20. The van der Waals surface area contributed by atoms with E-state index < -0.39 is 0 Å². The fraction of sp³-hybridized carbons (Fsp3) is 0.429. The average molecular weight is 248 g/mol. The summed E-state index contributed by atoms with van der Waals surface area (Å²) >= 11 is 0. The van der Waals surface area contributed by atoms with Gasteiger partial charge in [0.1, 0.15) is 0 Å². The number of hydrogen-bond acceptors (Lipinski definition) is 3. The molecular formula is C14H20N2O2. The highest BCUT2D eigenvalue weighted by molar-refractivity contribution is 5.82. The Hall–Kier alpha value is -1.36. The molecule has 0 atom stereocenters. The van der Waals surface area contributed by atoms with E-state index in [-0.39, 0.29) is 0 Å². The second-order valence-electron chi connectivity index (χ2n) is 4.14. The average Bonchev–Trinajstić information content (AvgIpc) is 2.81. The molecule has 18 heavy (non-hydrogen) atoms. The number of H-pyrrole nitrogens is 1. The summed E-state index contributed by atoms with van der Waals surface area (Å²) in [4.78, 5) is 3.27. The minimum atomic E-state index is 0.655. The van der Waals surface area contributed by atoms with Crippen molar-refractivity contribution in [1.82, 2.24) is 10.3 Å². The fourth-order valence-corrected chi connectivity index (χ4v) is 1.89. The molecule has 0 aliphatic heterocycles. The van der Waals surface area contributed by atoms with Gasteiger partial charge in [0.15, 0.2) is 0 Å². The van der Waals surface area contributed by atoms with Crippen LogP contribution in [0.25, 0.3) is 10.9 Å². The van der Waals surface area contributed by atoms with E-state index in [1.165, 1.54) is 16.5 Å². The molecule has 2 rings (SSSR count). The molecular weight excluding hydrogens is 228 g/mol. The molecule has 1 aromatic heterocycles. The number of ether oxygens (including phenoxy) is 2. The molecule has 0 fully saturated rings. The number of aromatic nitrogens is 1. The van der Waals surface area contributed by atoms with E-state index in [0.29, 0.717) is 19.8 Å². The topological polar surface area (TPSA) is 46.3 Å². The first-order chi connectivity index (χ1) is 8.92. The summed E-state index contributed by atoms with van der Waals surface area (Å²) in [6.07, 6.45) is 2.06. The van der Waals surface area contributed by atoms with Gasteiger partial charge in [-0.2, -0.15) is 0 Å². The molecule has 0 aliphatic carbocycles. The van der Waals surface area contributed by atoms with Crippen LogP contribution in [0.15, 0.2) is 30.5 Å². The smallest absolute Gasteiger partial charge is 0.0700 e. The summed E-state index contributed by atoms with van der Waals surface area (Å²) in [5, 5.41) is 4.65. The maximum absolute atomic E-state index is 5.39. The highest BCUT2D eigenvalue weighted by Gasteiger charge is 2.01. The van der Waals surface area contributed by atoms with Crippen LogP contribution in [0, 0.1) is 0 Å². The van der Waals surface area contributed by atoms with E-state index in [0.717, 1.165) is 13.1 Å². The molecule has 0 spiro atoms. The number of nitrogens with one attached hydrogen (secondary N) is 2. The Kier molecular flexibility index (Phi) is 5.20. The highest BCUT2D eigenvalue weighted by Crippen LogP contribution is 2.16. The first-order valence-electron chi connectivity index (χ1n) is 6.24. The van der Waals surface area contributed by atoms with Gasteiger partial charge >= 0.3 is 0 Å². The number of para-hydroxylation sites is 1. The van der Waals surface area contributed by atoms with E-state index in [1.807, 2.05) is 6.07 Å². The van der Waals surface area contributed by atoms with Crippen molar-refractivity contribution in [3.63, 3.8) is 0 Å². The quantitative estimate of drug-likeness (QED) is 0.702. The van der Waals surface area contributed by atoms with Crippen molar-refractivity contribution in [2.24, 2.45) is 0 Å². The normalized spacial score (nSPS) is 11.2. The molecule has 0 bridgehead atoms. The summed E-state index contributed by atoms with van der Waals surface area (Å²) in [5.41, 5.74) is 2.48. The SMILES string of the molecule is COCCOCCNCc1c[nH]c2ccccc12. The molecule has 0 unspecified atom stereocenters. The van der Waals surface area contributed by atoms with Crippen LogP contribution in [0.4, 0.5) is 0 Å². The molecule has 2 aromatic rings. The molecule has 1 aromatic carbocycles. The number of benzene rings is 1. The second kappa shape index (κ2) is 7.16. The van der Waals surface area contributed by atoms with Gasteiger partial charge in [-0.3, -0.25) is 0 Å². The van der Waals surface area contributed by atoms with E-state index in [9.17, 15) is 0 Å². The predicted octanol–water partition coefficient (Wildman–Crippen LogP) is 1.92. The van der Waals surface area contributed by atoms with E-state index in [2.05, 4.69) is 34.7 Å². The highest BCUT2D eigenvalue weighted by atomic mass is 16.5. The van der Waals surface area contributed by atoms with Crippen molar-refractivity contribution in [3.05, 3.63) is 36.0 Å². The van der Waals surface area contributed by atoms with E-state index >= 15 is 0 Å².